The second-order valence-corrected chi connectivity index (χ2v) is 4.84. The Morgan fingerprint density at radius 2 is 2.18 bits per heavy atom. The lowest BCUT2D eigenvalue weighted by Crippen LogP contribution is -2.13. The highest BCUT2D eigenvalue weighted by molar-refractivity contribution is 9.10. The zero-order chi connectivity index (χ0) is 12.4. The number of hydrogen-bond donors (Lipinski definition) is 1. The molecule has 1 aromatic heterocycles. The second-order valence-electron chi connectivity index (χ2n) is 3.71. The molecule has 0 aliphatic rings. The highest BCUT2D eigenvalue weighted by Gasteiger charge is 2.13. The molecule has 0 bridgehead atoms. The maximum atomic E-state index is 13.3. The summed E-state index contributed by atoms with van der Waals surface area (Å²) in [5.41, 5.74) is 7.68. The van der Waals surface area contributed by atoms with Gasteiger partial charge in [0.15, 0.2) is 4.67 Å². The van der Waals surface area contributed by atoms with Gasteiger partial charge in [-0.1, -0.05) is 17.7 Å². The van der Waals surface area contributed by atoms with Gasteiger partial charge in [0.2, 0.25) is 0 Å². The molecule has 0 radical (unpaired) electrons. The first-order valence-electron chi connectivity index (χ1n) is 5.00. The van der Waals surface area contributed by atoms with Crippen molar-refractivity contribution in [3.8, 4) is 0 Å². The van der Waals surface area contributed by atoms with E-state index in [9.17, 15) is 4.39 Å². The van der Waals surface area contributed by atoms with Gasteiger partial charge in [0.25, 0.3) is 0 Å². The predicted octanol–water partition coefficient (Wildman–Crippen LogP) is 4.08. The van der Waals surface area contributed by atoms with E-state index in [0.29, 0.717) is 11.1 Å². The van der Waals surface area contributed by atoms with Gasteiger partial charge in [-0.2, -0.15) is 0 Å². The lowest BCUT2D eigenvalue weighted by molar-refractivity contribution is 0.530. The van der Waals surface area contributed by atoms with Crippen LogP contribution in [0.1, 0.15) is 17.2 Å². The third-order valence-electron chi connectivity index (χ3n) is 2.49. The van der Waals surface area contributed by atoms with E-state index < -0.39 is 5.82 Å². The van der Waals surface area contributed by atoms with Crippen LogP contribution in [0.25, 0.3) is 0 Å². The normalized spacial score (nSPS) is 12.7. The molecule has 1 atom stereocenters. The van der Waals surface area contributed by atoms with Crippen LogP contribution >= 0.6 is 27.5 Å². The van der Waals surface area contributed by atoms with Gasteiger partial charge in [-0.05, 0) is 46.1 Å². The van der Waals surface area contributed by atoms with Crippen LogP contribution in [0, 0.1) is 5.82 Å². The molecule has 2 rings (SSSR count). The number of rotatable bonds is 3. The number of halogens is 3. The standard InChI is InChI=1S/C12H10BrClFNO/c13-12-8(3-4-17-12)11(16)6-7-1-2-9(14)10(15)5-7/h1-5,11H,6,16H2. The van der Waals surface area contributed by atoms with Gasteiger partial charge in [0.1, 0.15) is 5.82 Å². The third kappa shape index (κ3) is 2.89. The van der Waals surface area contributed by atoms with Crippen molar-refractivity contribution < 1.29 is 8.81 Å². The average Bonchev–Trinajstić information content (AvgIpc) is 2.70. The minimum absolute atomic E-state index is 0.117. The Hall–Kier alpha value is -0.840. The van der Waals surface area contributed by atoms with Crippen molar-refractivity contribution in [2.75, 3.05) is 0 Å². The van der Waals surface area contributed by atoms with Gasteiger partial charge in [-0.15, -0.1) is 0 Å². The molecule has 0 saturated heterocycles. The zero-order valence-electron chi connectivity index (χ0n) is 8.79. The van der Waals surface area contributed by atoms with Crippen molar-refractivity contribution in [1.82, 2.24) is 0 Å². The maximum absolute atomic E-state index is 13.3. The van der Waals surface area contributed by atoms with E-state index in [0.717, 1.165) is 11.1 Å². The fourth-order valence-electron chi connectivity index (χ4n) is 1.60. The Labute approximate surface area is 112 Å². The third-order valence-corrected chi connectivity index (χ3v) is 3.44. The van der Waals surface area contributed by atoms with Crippen LogP contribution in [0.5, 0.6) is 0 Å². The number of furan rings is 1. The van der Waals surface area contributed by atoms with Crippen LogP contribution in [-0.2, 0) is 6.42 Å². The molecular formula is C12H10BrClFNO. The Morgan fingerprint density at radius 3 is 2.76 bits per heavy atom. The molecule has 2 aromatic rings. The Bertz CT molecular complexity index is 529. The van der Waals surface area contributed by atoms with Crippen molar-refractivity contribution in [1.29, 1.82) is 0 Å². The molecule has 5 heteroatoms. The molecule has 0 saturated carbocycles. The summed E-state index contributed by atoms with van der Waals surface area (Å²) in [5.74, 6) is -0.428. The van der Waals surface area contributed by atoms with Gasteiger partial charge in [-0.25, -0.2) is 4.39 Å². The molecule has 1 aromatic carbocycles. The molecule has 0 spiro atoms. The first kappa shape index (κ1) is 12.6. The Balaban J connectivity index is 2.16. The van der Waals surface area contributed by atoms with Crippen LogP contribution in [0.4, 0.5) is 4.39 Å². The summed E-state index contributed by atoms with van der Waals surface area (Å²) in [4.78, 5) is 0. The monoisotopic (exact) mass is 317 g/mol. The largest absolute Gasteiger partial charge is 0.457 e. The number of benzene rings is 1. The summed E-state index contributed by atoms with van der Waals surface area (Å²) in [7, 11) is 0. The summed E-state index contributed by atoms with van der Waals surface area (Å²) >= 11 is 8.88. The molecule has 2 nitrogen and oxygen atoms in total. The minimum atomic E-state index is -0.428. The molecular weight excluding hydrogens is 308 g/mol. The van der Waals surface area contributed by atoms with Gasteiger partial charge in [-0.3, -0.25) is 0 Å². The molecule has 1 unspecified atom stereocenters. The van der Waals surface area contributed by atoms with E-state index in [4.69, 9.17) is 21.8 Å². The number of hydrogen-bond acceptors (Lipinski definition) is 2. The predicted molar refractivity (Wildman–Crippen MR) is 68.5 cm³/mol. The number of nitrogens with two attached hydrogens (primary N) is 1. The van der Waals surface area contributed by atoms with Gasteiger partial charge in [0, 0.05) is 11.6 Å². The molecule has 0 fully saturated rings. The van der Waals surface area contributed by atoms with Crippen molar-refractivity contribution in [2.45, 2.75) is 12.5 Å². The lowest BCUT2D eigenvalue weighted by Gasteiger charge is -2.10. The molecule has 0 amide bonds. The maximum Gasteiger partial charge on any atom is 0.173 e. The fraction of sp³-hybridized carbons (Fsp3) is 0.167. The van der Waals surface area contributed by atoms with Crippen LogP contribution in [0.2, 0.25) is 5.02 Å². The molecule has 90 valence electrons. The zero-order valence-corrected chi connectivity index (χ0v) is 11.1. The fourth-order valence-corrected chi connectivity index (χ4v) is 2.25. The van der Waals surface area contributed by atoms with E-state index in [1.807, 2.05) is 0 Å². The second kappa shape index (κ2) is 5.21. The lowest BCUT2D eigenvalue weighted by atomic mass is 10.0. The highest BCUT2D eigenvalue weighted by atomic mass is 79.9. The summed E-state index contributed by atoms with van der Waals surface area (Å²) in [6.45, 7) is 0. The van der Waals surface area contributed by atoms with Crippen molar-refractivity contribution in [2.24, 2.45) is 5.73 Å². The van der Waals surface area contributed by atoms with Gasteiger partial charge < -0.3 is 10.2 Å². The van der Waals surface area contributed by atoms with E-state index in [1.54, 1.807) is 18.4 Å². The van der Waals surface area contributed by atoms with Gasteiger partial charge >= 0.3 is 0 Å². The Morgan fingerprint density at radius 1 is 1.41 bits per heavy atom. The summed E-state index contributed by atoms with van der Waals surface area (Å²) in [6.07, 6.45) is 2.08. The van der Waals surface area contributed by atoms with E-state index in [-0.39, 0.29) is 11.1 Å². The molecule has 2 N–H and O–H groups in total. The quantitative estimate of drug-likeness (QED) is 0.926. The van der Waals surface area contributed by atoms with Crippen LogP contribution in [0.15, 0.2) is 39.6 Å². The van der Waals surface area contributed by atoms with Crippen molar-refractivity contribution in [3.05, 3.63) is 57.2 Å². The van der Waals surface area contributed by atoms with Crippen molar-refractivity contribution in [3.63, 3.8) is 0 Å². The van der Waals surface area contributed by atoms with E-state index in [1.165, 1.54) is 12.1 Å². The average molecular weight is 319 g/mol. The smallest absolute Gasteiger partial charge is 0.173 e. The summed E-state index contributed by atoms with van der Waals surface area (Å²) in [5, 5.41) is 0.117. The van der Waals surface area contributed by atoms with Crippen LogP contribution in [0.3, 0.4) is 0 Å². The van der Waals surface area contributed by atoms with Crippen LogP contribution < -0.4 is 5.73 Å². The SMILES string of the molecule is NC(Cc1ccc(Cl)c(F)c1)c1ccoc1Br. The highest BCUT2D eigenvalue weighted by Crippen LogP contribution is 2.26. The Kier molecular flexibility index (Phi) is 3.86. The molecule has 0 aliphatic carbocycles. The molecule has 0 aliphatic heterocycles. The first-order valence-corrected chi connectivity index (χ1v) is 6.17. The topological polar surface area (TPSA) is 39.2 Å². The van der Waals surface area contributed by atoms with Crippen molar-refractivity contribution >= 4 is 27.5 Å². The molecule has 1 heterocycles. The summed E-state index contributed by atoms with van der Waals surface area (Å²) < 4.78 is 19.0. The molecule has 17 heavy (non-hydrogen) atoms. The summed E-state index contributed by atoms with van der Waals surface area (Å²) in [6, 6.07) is 6.24. The van der Waals surface area contributed by atoms with E-state index >= 15 is 0 Å². The minimum Gasteiger partial charge on any atom is -0.457 e. The first-order chi connectivity index (χ1) is 8.08. The van der Waals surface area contributed by atoms with Gasteiger partial charge in [0.05, 0.1) is 11.3 Å². The van der Waals surface area contributed by atoms with Crippen LogP contribution in [-0.4, -0.2) is 0 Å². The van der Waals surface area contributed by atoms with E-state index in [2.05, 4.69) is 15.9 Å².